The Kier molecular flexibility index (Phi) is 6.02. The summed E-state index contributed by atoms with van der Waals surface area (Å²) in [4.78, 5) is 15.4. The molecule has 0 N–H and O–H groups in total. The monoisotopic (exact) mass is 482 g/mol. The minimum absolute atomic E-state index is 0.115. The van der Waals surface area contributed by atoms with Crippen molar-refractivity contribution in [1.82, 2.24) is 19.9 Å². The van der Waals surface area contributed by atoms with Crippen molar-refractivity contribution in [3.63, 3.8) is 0 Å². The Labute approximate surface area is 198 Å². The van der Waals surface area contributed by atoms with Gasteiger partial charge in [0.2, 0.25) is 0 Å². The van der Waals surface area contributed by atoms with Gasteiger partial charge < -0.3 is 0 Å². The molecule has 0 saturated carbocycles. The highest BCUT2D eigenvalue weighted by Crippen LogP contribution is 2.31. The molecule has 0 unspecified atom stereocenters. The van der Waals surface area contributed by atoms with Crippen LogP contribution in [-0.4, -0.2) is 26.4 Å². The molecule has 35 heavy (non-hydrogen) atoms. The maximum atomic E-state index is 14.0. The second kappa shape index (κ2) is 9.14. The van der Waals surface area contributed by atoms with Crippen LogP contribution in [0.15, 0.2) is 67.0 Å². The molecule has 0 atom stereocenters. The molecule has 2 aromatic heterocycles. The molecular weight excluding hydrogens is 463 g/mol. The van der Waals surface area contributed by atoms with Crippen LogP contribution in [0.25, 0.3) is 22.6 Å². The number of halogens is 5. The molecule has 178 valence electrons. The van der Waals surface area contributed by atoms with Gasteiger partial charge in [-0.2, -0.15) is 13.2 Å². The Morgan fingerprint density at radius 1 is 0.886 bits per heavy atom. The van der Waals surface area contributed by atoms with Gasteiger partial charge >= 0.3 is 6.18 Å². The molecule has 0 saturated heterocycles. The lowest BCUT2D eigenvalue weighted by molar-refractivity contribution is -0.137. The minimum Gasteiger partial charge on any atom is -0.294 e. The van der Waals surface area contributed by atoms with E-state index in [4.69, 9.17) is 0 Å². The van der Waals surface area contributed by atoms with Gasteiger partial charge in [-0.15, -0.1) is 0 Å². The van der Waals surface area contributed by atoms with Crippen molar-refractivity contribution >= 4 is 0 Å². The van der Waals surface area contributed by atoms with Gasteiger partial charge in [0, 0.05) is 55.1 Å². The van der Waals surface area contributed by atoms with E-state index >= 15 is 0 Å². The Morgan fingerprint density at radius 2 is 1.69 bits per heavy atom. The summed E-state index contributed by atoms with van der Waals surface area (Å²) in [6.07, 6.45) is -0.343. The summed E-state index contributed by atoms with van der Waals surface area (Å²) in [7, 11) is 0. The Morgan fingerprint density at radius 3 is 2.40 bits per heavy atom. The van der Waals surface area contributed by atoms with E-state index < -0.39 is 23.4 Å². The molecule has 3 heterocycles. The van der Waals surface area contributed by atoms with Gasteiger partial charge in [-0.3, -0.25) is 9.88 Å². The fraction of sp³-hybridized carbons (Fsp3) is 0.192. The highest BCUT2D eigenvalue weighted by atomic mass is 19.4. The predicted octanol–water partition coefficient (Wildman–Crippen LogP) is 6.06. The van der Waals surface area contributed by atoms with Gasteiger partial charge in [0.05, 0.1) is 17.0 Å². The van der Waals surface area contributed by atoms with E-state index in [-0.39, 0.29) is 5.56 Å². The third-order valence-corrected chi connectivity index (χ3v) is 5.92. The van der Waals surface area contributed by atoms with Gasteiger partial charge in [-0.25, -0.2) is 18.7 Å². The highest BCUT2D eigenvalue weighted by molar-refractivity contribution is 5.60. The van der Waals surface area contributed by atoms with E-state index in [0.717, 1.165) is 53.7 Å². The molecule has 5 rings (SSSR count). The van der Waals surface area contributed by atoms with Crippen molar-refractivity contribution < 1.29 is 22.0 Å². The largest absolute Gasteiger partial charge is 0.416 e. The van der Waals surface area contributed by atoms with Crippen LogP contribution in [0.5, 0.6) is 0 Å². The number of rotatable bonds is 4. The lowest BCUT2D eigenvalue weighted by atomic mass is 10.1. The molecule has 0 bridgehead atoms. The second-order valence-electron chi connectivity index (χ2n) is 8.38. The molecule has 2 aromatic carbocycles. The minimum atomic E-state index is -4.38. The zero-order valence-electron chi connectivity index (χ0n) is 18.4. The molecule has 0 amide bonds. The Balaban J connectivity index is 1.26. The van der Waals surface area contributed by atoms with Crippen LogP contribution < -0.4 is 0 Å². The van der Waals surface area contributed by atoms with Crippen molar-refractivity contribution in [1.29, 1.82) is 0 Å². The summed E-state index contributed by atoms with van der Waals surface area (Å²) in [5, 5.41) is 0. The van der Waals surface area contributed by atoms with E-state index in [1.807, 2.05) is 6.07 Å². The molecule has 9 heteroatoms. The molecule has 0 fully saturated rings. The van der Waals surface area contributed by atoms with Gasteiger partial charge in [0.1, 0.15) is 11.6 Å². The second-order valence-corrected chi connectivity index (χ2v) is 8.38. The van der Waals surface area contributed by atoms with Crippen LogP contribution in [0.1, 0.15) is 22.4 Å². The van der Waals surface area contributed by atoms with E-state index in [9.17, 15) is 22.0 Å². The molecule has 1 aliphatic rings. The zero-order valence-corrected chi connectivity index (χ0v) is 18.4. The number of alkyl halides is 3. The van der Waals surface area contributed by atoms with E-state index in [0.29, 0.717) is 36.6 Å². The summed E-state index contributed by atoms with van der Waals surface area (Å²) in [5.41, 5.74) is 3.06. The average Bonchev–Trinajstić information content (AvgIpc) is 2.85. The average molecular weight is 482 g/mol. The number of hydrogen-bond acceptors (Lipinski definition) is 4. The quantitative estimate of drug-likeness (QED) is 0.332. The molecule has 0 radical (unpaired) electrons. The van der Waals surface area contributed by atoms with Crippen LogP contribution in [0, 0.1) is 11.6 Å². The molecule has 0 spiro atoms. The number of nitrogens with zero attached hydrogens (tertiary/aromatic N) is 4. The Bertz CT molecular complexity index is 1350. The summed E-state index contributed by atoms with van der Waals surface area (Å²) in [6, 6.07) is 11.6. The fourth-order valence-electron chi connectivity index (χ4n) is 4.09. The molecule has 4 aromatic rings. The zero-order chi connectivity index (χ0) is 24.6. The van der Waals surface area contributed by atoms with Crippen molar-refractivity contribution in [2.24, 2.45) is 0 Å². The maximum Gasteiger partial charge on any atom is 0.416 e. The van der Waals surface area contributed by atoms with E-state index in [2.05, 4.69) is 19.9 Å². The van der Waals surface area contributed by atoms with Crippen LogP contribution in [0.2, 0.25) is 0 Å². The molecule has 4 nitrogen and oxygen atoms in total. The summed E-state index contributed by atoms with van der Waals surface area (Å²) < 4.78 is 65.9. The van der Waals surface area contributed by atoms with Gasteiger partial charge in [0.25, 0.3) is 0 Å². The standard InChI is InChI=1S/C26H19F5N4/c27-20-6-7-22(28)21(11-20)24-8-1-16(12-32-24)14-35-10-9-23-18(15-35)13-33-25(34-23)17-2-4-19(5-3-17)26(29,30)31/h1-8,11-13H,9-10,14-15H2. The molecular formula is C26H19F5N4. The van der Waals surface area contributed by atoms with Gasteiger partial charge in [0.15, 0.2) is 5.82 Å². The smallest absolute Gasteiger partial charge is 0.294 e. The number of fused-ring (bicyclic) bond motifs is 1. The molecule has 1 aliphatic heterocycles. The third-order valence-electron chi connectivity index (χ3n) is 5.92. The highest BCUT2D eigenvalue weighted by Gasteiger charge is 2.30. The van der Waals surface area contributed by atoms with Crippen LogP contribution in [-0.2, 0) is 25.7 Å². The summed E-state index contributed by atoms with van der Waals surface area (Å²) in [5.74, 6) is -0.659. The number of benzene rings is 2. The van der Waals surface area contributed by atoms with Crippen LogP contribution >= 0.6 is 0 Å². The van der Waals surface area contributed by atoms with Crippen molar-refractivity contribution in [2.45, 2.75) is 25.7 Å². The SMILES string of the molecule is Fc1ccc(F)c(-c2ccc(CN3CCc4nc(-c5ccc(C(F)(F)F)cc5)ncc4C3)cn2)c1. The lowest BCUT2D eigenvalue weighted by Crippen LogP contribution is -2.31. The first kappa shape index (κ1) is 23.0. The number of pyridine rings is 1. The summed E-state index contributed by atoms with van der Waals surface area (Å²) in [6.45, 7) is 1.96. The van der Waals surface area contributed by atoms with Crippen LogP contribution in [0.3, 0.4) is 0 Å². The fourth-order valence-corrected chi connectivity index (χ4v) is 4.09. The van der Waals surface area contributed by atoms with Crippen molar-refractivity contribution in [3.05, 3.63) is 101 Å². The van der Waals surface area contributed by atoms with Gasteiger partial charge in [-0.1, -0.05) is 18.2 Å². The van der Waals surface area contributed by atoms with Crippen molar-refractivity contribution in [3.8, 4) is 22.6 Å². The molecule has 0 aliphatic carbocycles. The number of aromatic nitrogens is 3. The lowest BCUT2D eigenvalue weighted by Gasteiger charge is -2.28. The van der Waals surface area contributed by atoms with E-state index in [1.54, 1.807) is 18.5 Å². The third kappa shape index (κ3) is 5.05. The van der Waals surface area contributed by atoms with E-state index in [1.165, 1.54) is 12.1 Å². The maximum absolute atomic E-state index is 14.0. The van der Waals surface area contributed by atoms with Gasteiger partial charge in [-0.05, 0) is 42.0 Å². The normalized spacial score (nSPS) is 14.1. The topological polar surface area (TPSA) is 41.9 Å². The predicted molar refractivity (Wildman–Crippen MR) is 120 cm³/mol. The first-order chi connectivity index (χ1) is 16.8. The summed E-state index contributed by atoms with van der Waals surface area (Å²) >= 11 is 0. The first-order valence-corrected chi connectivity index (χ1v) is 10.9. The first-order valence-electron chi connectivity index (χ1n) is 10.9. The van der Waals surface area contributed by atoms with Crippen molar-refractivity contribution in [2.75, 3.05) is 6.54 Å². The Hall–Kier alpha value is -3.72. The van der Waals surface area contributed by atoms with Crippen LogP contribution in [0.4, 0.5) is 22.0 Å². The number of hydrogen-bond donors (Lipinski definition) is 0.